The molecule has 0 saturated carbocycles. The van der Waals surface area contributed by atoms with Crippen molar-refractivity contribution in [2.24, 2.45) is 10.9 Å². The zero-order valence-electron chi connectivity index (χ0n) is 17.2. The van der Waals surface area contributed by atoms with E-state index in [0.29, 0.717) is 24.0 Å². The number of nitrogens with zero attached hydrogens (tertiary/aromatic N) is 3. The van der Waals surface area contributed by atoms with Crippen LogP contribution in [0.4, 0.5) is 0 Å². The zero-order chi connectivity index (χ0) is 18.2. The Labute approximate surface area is 155 Å². The third-order valence-corrected chi connectivity index (χ3v) is 5.76. The number of aliphatic imine (C=N–C) groups is 1. The summed E-state index contributed by atoms with van der Waals surface area (Å²) in [5.74, 6) is 1.66. The number of hydrogen-bond donors (Lipinski definition) is 2. The van der Waals surface area contributed by atoms with Crippen LogP contribution in [0, 0.1) is 5.92 Å². The summed E-state index contributed by atoms with van der Waals surface area (Å²) in [6.45, 7) is 18.1. The molecule has 0 radical (unpaired) electrons. The molecule has 0 aromatic carbocycles. The molecule has 2 N–H and O–H groups in total. The van der Waals surface area contributed by atoms with Crippen molar-refractivity contribution < 1.29 is 0 Å². The lowest BCUT2D eigenvalue weighted by molar-refractivity contribution is 0.167. The standard InChI is InChI=1S/C20H41N5/c1-6-21-20(23-18-9-13-24(14-10-18)17(4)5)22-15-19(16(2)3)25-11-7-8-12-25/h16-19H,6-15H2,1-5H3,(H2,21,22,23). The topological polar surface area (TPSA) is 42.9 Å². The molecule has 2 aliphatic heterocycles. The fourth-order valence-corrected chi connectivity index (χ4v) is 4.08. The minimum atomic E-state index is 0.553. The third-order valence-electron chi connectivity index (χ3n) is 5.76. The van der Waals surface area contributed by atoms with Crippen LogP contribution < -0.4 is 10.6 Å². The highest BCUT2D eigenvalue weighted by atomic mass is 15.2. The molecule has 25 heavy (non-hydrogen) atoms. The van der Waals surface area contributed by atoms with Crippen molar-refractivity contribution in [3.8, 4) is 0 Å². The highest BCUT2D eigenvalue weighted by Gasteiger charge is 2.25. The minimum absolute atomic E-state index is 0.553. The van der Waals surface area contributed by atoms with Gasteiger partial charge >= 0.3 is 0 Å². The van der Waals surface area contributed by atoms with Crippen LogP contribution in [0.2, 0.25) is 0 Å². The van der Waals surface area contributed by atoms with Crippen molar-refractivity contribution in [1.29, 1.82) is 0 Å². The Morgan fingerprint density at radius 1 is 1.00 bits per heavy atom. The second-order valence-corrected chi connectivity index (χ2v) is 8.32. The van der Waals surface area contributed by atoms with Gasteiger partial charge in [-0.15, -0.1) is 0 Å². The Balaban J connectivity index is 1.89. The molecule has 2 saturated heterocycles. The minimum Gasteiger partial charge on any atom is -0.357 e. The van der Waals surface area contributed by atoms with Gasteiger partial charge in [-0.1, -0.05) is 13.8 Å². The van der Waals surface area contributed by atoms with Gasteiger partial charge in [0.05, 0.1) is 6.54 Å². The molecule has 5 heteroatoms. The van der Waals surface area contributed by atoms with Crippen LogP contribution in [0.3, 0.4) is 0 Å². The molecule has 0 aliphatic carbocycles. The maximum atomic E-state index is 4.97. The van der Waals surface area contributed by atoms with Crippen molar-refractivity contribution >= 4 is 5.96 Å². The predicted octanol–water partition coefficient (Wildman–Crippen LogP) is 2.53. The lowest BCUT2D eigenvalue weighted by atomic mass is 10.0. The summed E-state index contributed by atoms with van der Waals surface area (Å²) in [7, 11) is 0. The van der Waals surface area contributed by atoms with Crippen LogP contribution in [0.1, 0.15) is 60.3 Å². The summed E-state index contributed by atoms with van der Waals surface area (Å²) in [6.07, 6.45) is 5.12. The molecule has 0 bridgehead atoms. The van der Waals surface area contributed by atoms with Crippen LogP contribution in [0.25, 0.3) is 0 Å². The molecule has 2 rings (SSSR count). The number of likely N-dealkylation sites (tertiary alicyclic amines) is 2. The third kappa shape index (κ3) is 6.45. The van der Waals surface area contributed by atoms with Crippen LogP contribution in [-0.2, 0) is 0 Å². The molecule has 2 aliphatic rings. The molecule has 5 nitrogen and oxygen atoms in total. The molecule has 0 amide bonds. The van der Waals surface area contributed by atoms with E-state index in [9.17, 15) is 0 Å². The molecular formula is C20H41N5. The van der Waals surface area contributed by atoms with Crippen LogP contribution in [0.5, 0.6) is 0 Å². The van der Waals surface area contributed by atoms with Gasteiger partial charge in [0, 0.05) is 37.8 Å². The van der Waals surface area contributed by atoms with Gasteiger partial charge in [0.25, 0.3) is 0 Å². The summed E-state index contributed by atoms with van der Waals surface area (Å²) in [4.78, 5) is 10.2. The first kappa shape index (κ1) is 20.5. The lowest BCUT2D eigenvalue weighted by Gasteiger charge is -2.35. The molecule has 0 spiro atoms. The average molecular weight is 352 g/mol. The van der Waals surface area contributed by atoms with Gasteiger partial charge in [0.15, 0.2) is 5.96 Å². The summed E-state index contributed by atoms with van der Waals surface area (Å²) >= 11 is 0. The highest BCUT2D eigenvalue weighted by molar-refractivity contribution is 5.80. The Bertz CT molecular complexity index is 393. The van der Waals surface area contributed by atoms with E-state index in [4.69, 9.17) is 4.99 Å². The first-order chi connectivity index (χ1) is 12.0. The number of hydrogen-bond acceptors (Lipinski definition) is 3. The van der Waals surface area contributed by atoms with Crippen molar-refractivity contribution in [1.82, 2.24) is 20.4 Å². The summed E-state index contributed by atoms with van der Waals surface area (Å²) in [5, 5.41) is 7.15. The largest absolute Gasteiger partial charge is 0.357 e. The Morgan fingerprint density at radius 2 is 1.64 bits per heavy atom. The molecule has 146 valence electrons. The number of piperidine rings is 1. The maximum absolute atomic E-state index is 4.97. The van der Waals surface area contributed by atoms with E-state index < -0.39 is 0 Å². The maximum Gasteiger partial charge on any atom is 0.191 e. The normalized spacial score (nSPS) is 22.8. The van der Waals surface area contributed by atoms with Gasteiger partial charge in [-0.05, 0) is 65.5 Å². The first-order valence-electron chi connectivity index (χ1n) is 10.5. The second kappa shape index (κ2) is 10.4. The number of guanidine groups is 1. The second-order valence-electron chi connectivity index (χ2n) is 8.32. The summed E-state index contributed by atoms with van der Waals surface area (Å²) in [5.41, 5.74) is 0. The fourth-order valence-electron chi connectivity index (χ4n) is 4.08. The molecular weight excluding hydrogens is 310 g/mol. The SMILES string of the molecule is CCNC(=NCC(C(C)C)N1CCCC1)NC1CCN(C(C)C)CC1. The van der Waals surface area contributed by atoms with Crippen LogP contribution in [-0.4, -0.2) is 73.2 Å². The monoisotopic (exact) mass is 351 g/mol. The Hall–Kier alpha value is -0.810. The molecule has 2 heterocycles. The van der Waals surface area contributed by atoms with E-state index in [1.165, 1.54) is 51.9 Å². The lowest BCUT2D eigenvalue weighted by Crippen LogP contribution is -2.50. The molecule has 2 fully saturated rings. The van der Waals surface area contributed by atoms with Crippen molar-refractivity contribution in [2.75, 3.05) is 39.3 Å². The van der Waals surface area contributed by atoms with E-state index in [0.717, 1.165) is 19.0 Å². The Kier molecular flexibility index (Phi) is 8.50. The molecule has 1 unspecified atom stereocenters. The zero-order valence-corrected chi connectivity index (χ0v) is 17.2. The van der Waals surface area contributed by atoms with Gasteiger partial charge in [-0.25, -0.2) is 0 Å². The number of nitrogens with one attached hydrogen (secondary N) is 2. The summed E-state index contributed by atoms with van der Waals surface area (Å²) in [6, 6.07) is 1.79. The molecule has 0 aromatic heterocycles. The number of rotatable bonds is 7. The van der Waals surface area contributed by atoms with Crippen molar-refractivity contribution in [3.05, 3.63) is 0 Å². The van der Waals surface area contributed by atoms with E-state index in [2.05, 4.69) is 55.1 Å². The van der Waals surface area contributed by atoms with Crippen LogP contribution in [0.15, 0.2) is 4.99 Å². The van der Waals surface area contributed by atoms with Gasteiger partial charge in [0.2, 0.25) is 0 Å². The van der Waals surface area contributed by atoms with Gasteiger partial charge in [-0.2, -0.15) is 0 Å². The smallest absolute Gasteiger partial charge is 0.191 e. The van der Waals surface area contributed by atoms with Crippen molar-refractivity contribution in [3.63, 3.8) is 0 Å². The first-order valence-corrected chi connectivity index (χ1v) is 10.5. The van der Waals surface area contributed by atoms with E-state index in [1.54, 1.807) is 0 Å². The van der Waals surface area contributed by atoms with Gasteiger partial charge in [-0.3, -0.25) is 9.89 Å². The molecule has 1 atom stereocenters. The average Bonchev–Trinajstić information content (AvgIpc) is 3.09. The summed E-state index contributed by atoms with van der Waals surface area (Å²) < 4.78 is 0. The van der Waals surface area contributed by atoms with Crippen LogP contribution >= 0.6 is 0 Å². The van der Waals surface area contributed by atoms with E-state index in [-0.39, 0.29) is 0 Å². The van der Waals surface area contributed by atoms with E-state index >= 15 is 0 Å². The quantitative estimate of drug-likeness (QED) is 0.546. The highest BCUT2D eigenvalue weighted by Crippen LogP contribution is 2.18. The van der Waals surface area contributed by atoms with Crippen molar-refractivity contribution in [2.45, 2.75) is 78.4 Å². The van der Waals surface area contributed by atoms with Gasteiger partial charge in [0.1, 0.15) is 0 Å². The van der Waals surface area contributed by atoms with Gasteiger partial charge < -0.3 is 15.5 Å². The van der Waals surface area contributed by atoms with E-state index in [1.807, 2.05) is 0 Å². The predicted molar refractivity (Wildman–Crippen MR) is 108 cm³/mol. The molecule has 0 aromatic rings. The Morgan fingerprint density at radius 3 is 2.16 bits per heavy atom. The fraction of sp³-hybridized carbons (Fsp3) is 0.950.